The molecule has 1 aliphatic heterocycles. The minimum atomic E-state index is -4.65. The van der Waals surface area contributed by atoms with E-state index in [0.29, 0.717) is 11.9 Å². The summed E-state index contributed by atoms with van der Waals surface area (Å²) in [6.07, 6.45) is -0.547. The molecule has 148 valence electrons. The quantitative estimate of drug-likeness (QED) is 0.771. The molecule has 0 fully saturated rings. The van der Waals surface area contributed by atoms with Gasteiger partial charge in [-0.15, -0.1) is 0 Å². The Bertz CT molecular complexity index is 1010. The van der Waals surface area contributed by atoms with Crippen molar-refractivity contribution in [1.82, 2.24) is 15.0 Å². The van der Waals surface area contributed by atoms with E-state index < -0.39 is 23.5 Å². The van der Waals surface area contributed by atoms with Gasteiger partial charge in [-0.3, -0.25) is 10.0 Å². The van der Waals surface area contributed by atoms with Crippen LogP contribution in [0.4, 0.5) is 23.4 Å². The fourth-order valence-electron chi connectivity index (χ4n) is 2.83. The first-order valence-corrected chi connectivity index (χ1v) is 8.17. The van der Waals surface area contributed by atoms with Gasteiger partial charge in [0, 0.05) is 30.6 Å². The van der Waals surface area contributed by atoms with Crippen LogP contribution in [0, 0.1) is 12.7 Å². The second kappa shape index (κ2) is 7.12. The number of hydroxylamine groups is 2. The van der Waals surface area contributed by atoms with Crippen LogP contribution in [0.25, 0.3) is 0 Å². The van der Waals surface area contributed by atoms with Crippen LogP contribution in [-0.2, 0) is 6.18 Å². The highest BCUT2D eigenvalue weighted by atomic mass is 19.4. The Balaban J connectivity index is 1.97. The van der Waals surface area contributed by atoms with Crippen LogP contribution in [0.2, 0.25) is 0 Å². The van der Waals surface area contributed by atoms with Crippen molar-refractivity contribution in [3.63, 3.8) is 0 Å². The van der Waals surface area contributed by atoms with Gasteiger partial charge in [-0.1, -0.05) is 13.0 Å². The van der Waals surface area contributed by atoms with Gasteiger partial charge in [-0.05, 0) is 24.6 Å². The first kappa shape index (κ1) is 19.6. The zero-order chi connectivity index (χ0) is 20.6. The third-order valence-electron chi connectivity index (χ3n) is 4.25. The molecule has 0 saturated carbocycles. The molecule has 3 rings (SSSR count). The van der Waals surface area contributed by atoms with E-state index >= 15 is 0 Å². The van der Waals surface area contributed by atoms with Crippen molar-refractivity contribution >= 4 is 5.82 Å². The lowest BCUT2D eigenvalue weighted by atomic mass is 9.95. The van der Waals surface area contributed by atoms with Crippen molar-refractivity contribution < 1.29 is 22.8 Å². The van der Waals surface area contributed by atoms with Crippen molar-refractivity contribution in [3.05, 3.63) is 81.7 Å². The SMILES string of the molecule is Cc1nc(N2C=CN(O)C([C@H](C)c3ccc(C(F)(F)F)cc3F)=C2)cc(=O)[nH]1. The topological polar surface area (TPSA) is 72.5 Å². The largest absolute Gasteiger partial charge is 0.416 e. The number of aromatic amines is 1. The third kappa shape index (κ3) is 3.91. The standard InChI is InChI=1S/C18H16F4N4O2/c1-10(13-4-3-12(7-14(13)19)18(20,21)22)15-9-25(5-6-26(15)28)16-8-17(27)24-11(2)23-16/h3-10,28H,1-2H3,(H,23,24,27)/t10-/m1/s1. The van der Waals surface area contributed by atoms with Crippen LogP contribution in [-0.4, -0.2) is 20.2 Å². The fourth-order valence-corrected chi connectivity index (χ4v) is 2.83. The fraction of sp³-hybridized carbons (Fsp3) is 0.222. The maximum Gasteiger partial charge on any atom is 0.416 e. The summed E-state index contributed by atoms with van der Waals surface area (Å²) in [4.78, 5) is 19.8. The highest BCUT2D eigenvalue weighted by Crippen LogP contribution is 2.35. The number of nitrogens with zero attached hydrogens (tertiary/aromatic N) is 3. The Labute approximate surface area is 157 Å². The second-order valence-corrected chi connectivity index (χ2v) is 6.25. The van der Waals surface area contributed by atoms with Crippen LogP contribution in [0.15, 0.2) is 53.4 Å². The van der Waals surface area contributed by atoms with Gasteiger partial charge < -0.3 is 9.88 Å². The van der Waals surface area contributed by atoms with Crippen LogP contribution in [0.5, 0.6) is 0 Å². The number of allylic oxidation sites excluding steroid dienone is 1. The van der Waals surface area contributed by atoms with Crippen molar-refractivity contribution in [2.45, 2.75) is 25.9 Å². The van der Waals surface area contributed by atoms with Gasteiger partial charge in [0.05, 0.1) is 11.3 Å². The Kier molecular flexibility index (Phi) is 4.99. The van der Waals surface area contributed by atoms with Gasteiger partial charge >= 0.3 is 6.18 Å². The lowest BCUT2D eigenvalue weighted by molar-refractivity contribution is -0.137. The monoisotopic (exact) mass is 396 g/mol. The summed E-state index contributed by atoms with van der Waals surface area (Å²) in [5, 5.41) is 10.8. The highest BCUT2D eigenvalue weighted by molar-refractivity contribution is 5.48. The molecule has 0 bridgehead atoms. The van der Waals surface area contributed by atoms with Gasteiger partial charge in [-0.2, -0.15) is 13.2 Å². The summed E-state index contributed by atoms with van der Waals surface area (Å²) in [5.41, 5.74) is -1.31. The van der Waals surface area contributed by atoms with Gasteiger partial charge in [0.2, 0.25) is 0 Å². The van der Waals surface area contributed by atoms with E-state index in [1.807, 2.05) is 0 Å². The van der Waals surface area contributed by atoms with Crippen molar-refractivity contribution in [2.24, 2.45) is 0 Å². The summed E-state index contributed by atoms with van der Waals surface area (Å²) in [6.45, 7) is 3.14. The predicted molar refractivity (Wildman–Crippen MR) is 92.7 cm³/mol. The molecule has 1 atom stereocenters. The Morgan fingerprint density at radius 1 is 1.21 bits per heavy atom. The maximum absolute atomic E-state index is 14.3. The molecule has 2 aromatic rings. The number of aromatic nitrogens is 2. The summed E-state index contributed by atoms with van der Waals surface area (Å²) < 4.78 is 52.6. The zero-order valence-corrected chi connectivity index (χ0v) is 14.8. The Hall–Kier alpha value is -3.14. The van der Waals surface area contributed by atoms with Crippen molar-refractivity contribution in [2.75, 3.05) is 4.90 Å². The summed E-state index contributed by atoms with van der Waals surface area (Å²) in [5.74, 6) is -1.19. The predicted octanol–water partition coefficient (Wildman–Crippen LogP) is 3.86. The molecule has 28 heavy (non-hydrogen) atoms. The molecule has 0 saturated heterocycles. The minimum Gasteiger partial charge on any atom is -0.311 e. The molecular weight excluding hydrogens is 380 g/mol. The molecule has 6 nitrogen and oxygen atoms in total. The molecule has 1 aromatic heterocycles. The van der Waals surface area contributed by atoms with Crippen LogP contribution >= 0.6 is 0 Å². The number of nitrogens with one attached hydrogen (secondary N) is 1. The zero-order valence-electron chi connectivity index (χ0n) is 14.8. The minimum absolute atomic E-state index is 0.0244. The number of hydrogen-bond acceptors (Lipinski definition) is 5. The maximum atomic E-state index is 14.3. The van der Waals surface area contributed by atoms with Crippen molar-refractivity contribution in [1.29, 1.82) is 0 Å². The molecule has 2 N–H and O–H groups in total. The summed E-state index contributed by atoms with van der Waals surface area (Å²) >= 11 is 0. The highest BCUT2D eigenvalue weighted by Gasteiger charge is 2.32. The first-order valence-electron chi connectivity index (χ1n) is 8.17. The number of anilines is 1. The van der Waals surface area contributed by atoms with Crippen LogP contribution in [0.3, 0.4) is 0 Å². The molecule has 0 spiro atoms. The summed E-state index contributed by atoms with van der Waals surface area (Å²) in [6, 6.07) is 3.49. The van der Waals surface area contributed by atoms with Gasteiger partial charge in [0.25, 0.3) is 5.56 Å². The van der Waals surface area contributed by atoms with E-state index in [-0.39, 0.29) is 22.6 Å². The van der Waals surface area contributed by atoms with Gasteiger partial charge in [-0.25, -0.2) is 14.4 Å². The number of benzene rings is 1. The Morgan fingerprint density at radius 3 is 2.54 bits per heavy atom. The Morgan fingerprint density at radius 2 is 1.93 bits per heavy atom. The summed E-state index contributed by atoms with van der Waals surface area (Å²) in [7, 11) is 0. The van der Waals surface area contributed by atoms with E-state index in [1.165, 1.54) is 36.5 Å². The average molecular weight is 396 g/mol. The molecule has 2 heterocycles. The number of hydrogen-bond donors (Lipinski definition) is 2. The molecule has 0 unspecified atom stereocenters. The average Bonchev–Trinajstić information content (AvgIpc) is 2.60. The van der Waals surface area contributed by atoms with E-state index in [0.717, 1.165) is 17.2 Å². The molecule has 1 aromatic carbocycles. The van der Waals surface area contributed by atoms with E-state index in [2.05, 4.69) is 9.97 Å². The van der Waals surface area contributed by atoms with Crippen LogP contribution in [0.1, 0.15) is 29.8 Å². The lowest BCUT2D eigenvalue weighted by Crippen LogP contribution is -2.27. The van der Waals surface area contributed by atoms with Crippen molar-refractivity contribution in [3.8, 4) is 0 Å². The molecule has 10 heteroatoms. The van der Waals surface area contributed by atoms with Gasteiger partial charge in [0.1, 0.15) is 17.5 Å². The first-order chi connectivity index (χ1) is 13.1. The molecule has 0 aliphatic carbocycles. The molecule has 1 aliphatic rings. The number of alkyl halides is 3. The van der Waals surface area contributed by atoms with E-state index in [4.69, 9.17) is 0 Å². The molecule has 0 radical (unpaired) electrons. The number of halogens is 4. The molecular formula is C18H16F4N4O2. The molecule has 0 amide bonds. The normalized spacial score (nSPS) is 15.6. The van der Waals surface area contributed by atoms with E-state index in [9.17, 15) is 27.6 Å². The second-order valence-electron chi connectivity index (χ2n) is 6.25. The van der Waals surface area contributed by atoms with Crippen LogP contribution < -0.4 is 10.5 Å². The third-order valence-corrected chi connectivity index (χ3v) is 4.25. The smallest absolute Gasteiger partial charge is 0.311 e. The van der Waals surface area contributed by atoms with E-state index in [1.54, 1.807) is 6.92 Å². The number of aryl methyl sites for hydroxylation is 1. The number of H-pyrrole nitrogens is 1. The van der Waals surface area contributed by atoms with Gasteiger partial charge in [0.15, 0.2) is 0 Å². The lowest BCUT2D eigenvalue weighted by Gasteiger charge is -2.29. The number of rotatable bonds is 3.